The Morgan fingerprint density at radius 3 is 1.06 bits per heavy atom. The number of aromatic nitrogens is 12. The lowest BCUT2D eigenvalue weighted by Crippen LogP contribution is -2.47. The molecule has 2 amide bonds. The van der Waals surface area contributed by atoms with E-state index in [1.165, 1.54) is 5.56 Å². The first kappa shape index (κ1) is 77.5. The van der Waals surface area contributed by atoms with Gasteiger partial charge in [-0.05, 0) is 172 Å². The highest BCUT2D eigenvalue weighted by atomic mass is 35.5. The molecule has 524 valence electrons. The summed E-state index contributed by atoms with van der Waals surface area (Å²) in [6.07, 6.45) is 4.22. The number of halogens is 7. The van der Waals surface area contributed by atoms with Crippen molar-refractivity contribution in [3.05, 3.63) is 230 Å². The molecule has 98 heavy (non-hydrogen) atoms. The number of likely N-dealkylation sites (tertiary alicyclic amines) is 2. The number of amides is 2. The second kappa shape index (κ2) is 38.5. The lowest BCUT2D eigenvalue weighted by atomic mass is 9.72. The lowest BCUT2D eigenvalue weighted by molar-refractivity contribution is 0.0176. The maximum Gasteiger partial charge on any atom is 0.410 e. The minimum Gasteiger partial charge on any atom is -0.454 e. The van der Waals surface area contributed by atoms with Crippen LogP contribution in [-0.4, -0.2) is 153 Å². The van der Waals surface area contributed by atoms with Gasteiger partial charge in [0.15, 0.2) is 17.5 Å². The van der Waals surface area contributed by atoms with Gasteiger partial charge in [-0.25, -0.2) is 14.4 Å². The van der Waals surface area contributed by atoms with Crippen LogP contribution in [0.4, 0.5) is 19.1 Å². The minimum atomic E-state index is -0.738. The van der Waals surface area contributed by atoms with Crippen molar-refractivity contribution in [3.63, 3.8) is 0 Å². The molecule has 21 nitrogen and oxygen atoms in total. The van der Waals surface area contributed by atoms with Gasteiger partial charge in [0.05, 0.1) is 54.4 Å². The molecule has 6 aromatic carbocycles. The Morgan fingerprint density at radius 1 is 0.490 bits per heavy atom. The van der Waals surface area contributed by atoms with E-state index < -0.39 is 16.4 Å². The number of carbonyl (C=O) groups excluding carboxylic acids is 3. The van der Waals surface area contributed by atoms with E-state index in [9.17, 15) is 14.4 Å². The fourth-order valence-electron chi connectivity index (χ4n) is 11.6. The molecule has 9 aromatic rings. The van der Waals surface area contributed by atoms with Crippen LogP contribution in [0.1, 0.15) is 131 Å². The summed E-state index contributed by atoms with van der Waals surface area (Å²) in [5.41, 5.74) is 4.53. The first-order valence-corrected chi connectivity index (χ1v) is 34.2. The molecule has 12 rings (SSSR count). The largest absolute Gasteiger partial charge is 0.454 e. The monoisotopic (exact) mass is 1460 g/mol. The van der Waals surface area contributed by atoms with E-state index in [2.05, 4.69) is 91.0 Å². The molecule has 6 heterocycles. The zero-order chi connectivity index (χ0) is 70.6. The molecule has 0 atom stereocenters. The van der Waals surface area contributed by atoms with E-state index in [0.29, 0.717) is 106 Å². The van der Waals surface area contributed by atoms with Gasteiger partial charge in [-0.15, -0.1) is 53.8 Å². The van der Waals surface area contributed by atoms with Gasteiger partial charge in [-0.3, -0.25) is 4.72 Å². The predicted octanol–water partition coefficient (Wildman–Crippen LogP) is 15.2. The van der Waals surface area contributed by atoms with Gasteiger partial charge in [-0.1, -0.05) is 170 Å². The summed E-state index contributed by atoms with van der Waals surface area (Å²) in [5.74, 6) is 2.18. The second-order valence-corrected chi connectivity index (χ2v) is 26.3. The molecule has 0 aliphatic carbocycles. The lowest BCUT2D eigenvalue weighted by Gasteiger charge is -2.40. The van der Waals surface area contributed by atoms with Crippen molar-refractivity contribution in [2.24, 2.45) is 0 Å². The summed E-state index contributed by atoms with van der Waals surface area (Å²) in [6.45, 7) is 15.7. The number of rotatable bonds is 14. The molecule has 3 aliphatic heterocycles. The van der Waals surface area contributed by atoms with Crippen LogP contribution in [0.5, 0.6) is 0 Å². The molecular weight excluding hydrogens is 1380 g/mol. The summed E-state index contributed by atoms with van der Waals surface area (Å²) in [5, 5.41) is 46.2. The Morgan fingerprint density at radius 2 is 0.786 bits per heavy atom. The summed E-state index contributed by atoms with van der Waals surface area (Å²) < 4.78 is 27.9. The number of piperidine rings is 3. The zero-order valence-corrected chi connectivity index (χ0v) is 59.2. The van der Waals surface area contributed by atoms with Crippen LogP contribution in [0.3, 0.4) is 0 Å². The van der Waals surface area contributed by atoms with Gasteiger partial charge in [-0.2, -0.15) is 14.4 Å². The van der Waals surface area contributed by atoms with Crippen molar-refractivity contribution in [1.82, 2.24) is 75.7 Å². The summed E-state index contributed by atoms with van der Waals surface area (Å²) in [7, 11) is 0. The Kier molecular flexibility index (Phi) is 30.5. The predicted molar refractivity (Wildman–Crippen MR) is 382 cm³/mol. The fraction of sp³-hybridized carbons (Fsp3) is 0.400. The van der Waals surface area contributed by atoms with E-state index >= 15 is 0 Å². The molecule has 3 fully saturated rings. The zero-order valence-electron chi connectivity index (χ0n) is 55.7. The third kappa shape index (κ3) is 22.1. The number of carbonyl (C=O) groups is 3. The first-order chi connectivity index (χ1) is 47.3. The van der Waals surface area contributed by atoms with Crippen LogP contribution in [0, 0.1) is 0 Å². The highest BCUT2D eigenvalue weighted by Crippen LogP contribution is 2.42. The third-order valence-electron chi connectivity index (χ3n) is 16.5. The average Bonchev–Trinajstić information content (AvgIpc) is 1.76. The number of ether oxygens (including phenoxy) is 3. The summed E-state index contributed by atoms with van der Waals surface area (Å²) in [6, 6.07) is 54.0. The highest BCUT2D eigenvalue weighted by Gasteiger charge is 2.45. The number of nitrogens with zero attached hydrogens (tertiary/aromatic N) is 14. The van der Waals surface area contributed by atoms with Crippen molar-refractivity contribution in [2.75, 3.05) is 57.8 Å². The summed E-state index contributed by atoms with van der Waals surface area (Å²) >= 11 is 32.2. The molecule has 3 aromatic heterocycles. The highest BCUT2D eigenvalue weighted by molar-refractivity contribution is 6.61. The molecular formula is C70H84Cl6FN15O6. The van der Waals surface area contributed by atoms with Crippen LogP contribution < -0.4 is 5.32 Å². The van der Waals surface area contributed by atoms with Crippen LogP contribution >= 0.6 is 69.6 Å². The van der Waals surface area contributed by atoms with Gasteiger partial charge >= 0.3 is 17.6 Å². The topological polar surface area (TPSA) is 228 Å². The van der Waals surface area contributed by atoms with Crippen molar-refractivity contribution in [1.29, 1.82) is 1.45 Å². The number of benzene rings is 6. The molecule has 28 heteroatoms. The number of nitrogens with one attached hydrogen (secondary N) is 1. The van der Waals surface area contributed by atoms with Gasteiger partial charge in [0, 0.05) is 52.8 Å². The molecule has 0 bridgehead atoms. The van der Waals surface area contributed by atoms with E-state index in [1.54, 1.807) is 31.1 Å². The SMILES string of the molecule is C.CC(C)(C)OC(=O)N1CCC(c2ccccc2)(c2nnn(Cc3ccc(Cl)cc3)n2)CC1.CCOC(=O)Cl.CCOC(=O)N1CCC(c2ccccc2)(c2nnn(Cc3ccc(Cl)cc3)n2)CC1.ClCCl.Clc1ccc(Cn2nnc(C3(c4ccccc4)CCNCC3)n2)cc1.[3H]F. The minimum absolute atomic E-state index is 0. The van der Waals surface area contributed by atoms with E-state index in [-0.39, 0.29) is 35.8 Å². The van der Waals surface area contributed by atoms with Crippen LogP contribution in [0.25, 0.3) is 0 Å². The van der Waals surface area contributed by atoms with Gasteiger partial charge in [0.25, 0.3) is 1.45 Å². The van der Waals surface area contributed by atoms with Crippen molar-refractivity contribution in [3.8, 4) is 0 Å². The number of tetrazole rings is 3. The quantitative estimate of drug-likeness (QED) is 0.0606. The standard InChI is InChI=1S/C24H28ClN5O2.C22H24ClN5O2.C19H20ClN5.C3H5ClO2.CH2Cl2.CH4.FH/c1-23(2,3)32-22(31)29-15-13-24(14-16-29,19-7-5-4-6-8-19)21-26-28-30(27-21)17-18-9-11-20(25)12-10-18;1-2-30-21(29)27-14-12-22(13-15-27,18-6-4-3-5-7-18)20-24-26-28(25-20)16-17-8-10-19(23)11-9-17;20-17-8-6-15(7-9-17)14-25-23-18(22-24-25)19(10-12-21-13-11-19)16-4-2-1-3-5-16;1-2-6-3(4)5;2-1-3;;/h4-12H,13-17H2,1-3H3;3-11H,2,12-16H2,1H3;1-9,21H,10-14H2;2H2,1H3;1H2;1H4;1H/i/hT. The van der Waals surface area contributed by atoms with Crippen LogP contribution in [0.2, 0.25) is 15.1 Å². The molecule has 0 unspecified atom stereocenters. The van der Waals surface area contributed by atoms with Crippen molar-refractivity contribution >= 4 is 87.2 Å². The van der Waals surface area contributed by atoms with E-state index in [4.69, 9.17) is 99.1 Å². The molecule has 0 saturated carbocycles. The number of hydrogen-bond acceptors (Lipinski definition) is 16. The van der Waals surface area contributed by atoms with Gasteiger partial charge < -0.3 is 29.3 Å². The Balaban J connectivity index is 0.000000217. The van der Waals surface area contributed by atoms with E-state index in [1.807, 2.05) is 143 Å². The number of hydrogen-bond donors (Lipinski definition) is 1. The normalized spacial score (nSPS) is 15.0. The summed E-state index contributed by atoms with van der Waals surface area (Å²) in [4.78, 5) is 42.7. The van der Waals surface area contributed by atoms with E-state index in [0.717, 1.165) is 64.6 Å². The van der Waals surface area contributed by atoms with Gasteiger partial charge in [0.2, 0.25) is 0 Å². The molecule has 0 spiro atoms. The fourth-order valence-corrected chi connectivity index (χ4v) is 12.1. The third-order valence-corrected chi connectivity index (χ3v) is 17.3. The molecule has 1 N–H and O–H groups in total. The second-order valence-electron chi connectivity index (χ2n) is 23.8. The van der Waals surface area contributed by atoms with Crippen molar-refractivity contribution in [2.45, 2.75) is 122 Å². The van der Waals surface area contributed by atoms with Crippen LogP contribution in [0.15, 0.2) is 164 Å². The maximum atomic E-state index is 12.6. The van der Waals surface area contributed by atoms with Gasteiger partial charge in [0.1, 0.15) is 5.60 Å². The van der Waals surface area contributed by atoms with Crippen molar-refractivity contribution < 1.29 is 33.3 Å². The average molecular weight is 1470 g/mol. The molecule has 3 aliphatic rings. The Bertz CT molecular complexity index is 3820. The first-order valence-electron chi connectivity index (χ1n) is 32.0. The Hall–Kier alpha value is -7.83. The number of alkyl halides is 2. The maximum absolute atomic E-state index is 12.6. The Labute approximate surface area is 603 Å². The smallest absolute Gasteiger partial charge is 0.410 e. The van der Waals surface area contributed by atoms with Crippen LogP contribution in [-0.2, 0) is 50.1 Å². The molecule has 3 saturated heterocycles. The molecule has 0 radical (unpaired) electrons.